The number of non-ortho nitro benzene ring substituents is 1. The minimum Gasteiger partial charge on any atom is -0.339 e. The Bertz CT molecular complexity index is 1260. The SMILES string of the molecule is C[C@@H](c1ccccc1)N(CCc1nc(-c2ccc([N+](=O)[O-])cc2)no1)C(=O)CCc1ccccc1. The Hall–Kier alpha value is -4.33. The van der Waals surface area contributed by atoms with E-state index in [1.54, 1.807) is 12.1 Å². The smallest absolute Gasteiger partial charge is 0.269 e. The summed E-state index contributed by atoms with van der Waals surface area (Å²) in [5.74, 6) is 0.813. The maximum absolute atomic E-state index is 13.3. The van der Waals surface area contributed by atoms with E-state index in [-0.39, 0.29) is 17.6 Å². The Morgan fingerprint density at radius 3 is 2.29 bits per heavy atom. The molecule has 0 fully saturated rings. The molecular weight excluding hydrogens is 444 g/mol. The second kappa shape index (κ2) is 11.2. The average Bonchev–Trinajstić information content (AvgIpc) is 3.37. The molecule has 0 aliphatic rings. The Kier molecular flexibility index (Phi) is 7.62. The summed E-state index contributed by atoms with van der Waals surface area (Å²) in [6, 6.07) is 25.7. The fourth-order valence-electron chi connectivity index (χ4n) is 3.91. The van der Waals surface area contributed by atoms with Crippen LogP contribution in [0.5, 0.6) is 0 Å². The van der Waals surface area contributed by atoms with E-state index >= 15 is 0 Å². The summed E-state index contributed by atoms with van der Waals surface area (Å²) in [5, 5.41) is 14.9. The number of benzene rings is 3. The van der Waals surface area contributed by atoms with Crippen molar-refractivity contribution in [3.05, 3.63) is 112 Å². The molecule has 0 aliphatic heterocycles. The van der Waals surface area contributed by atoms with Crippen LogP contribution in [-0.2, 0) is 17.6 Å². The van der Waals surface area contributed by atoms with Crippen LogP contribution in [0.2, 0.25) is 0 Å². The molecule has 1 heterocycles. The van der Waals surface area contributed by atoms with Crippen LogP contribution in [0.1, 0.15) is 36.4 Å². The molecule has 0 radical (unpaired) electrons. The predicted octanol–water partition coefficient (Wildman–Crippen LogP) is 5.41. The Morgan fingerprint density at radius 2 is 1.63 bits per heavy atom. The molecule has 0 saturated heterocycles. The van der Waals surface area contributed by atoms with Gasteiger partial charge in [-0.05, 0) is 36.6 Å². The van der Waals surface area contributed by atoms with Gasteiger partial charge in [0.15, 0.2) is 0 Å². The van der Waals surface area contributed by atoms with Crippen molar-refractivity contribution in [3.63, 3.8) is 0 Å². The van der Waals surface area contributed by atoms with Gasteiger partial charge in [0.1, 0.15) is 0 Å². The minimum atomic E-state index is -0.456. The molecule has 35 heavy (non-hydrogen) atoms. The highest BCUT2D eigenvalue weighted by Crippen LogP contribution is 2.23. The van der Waals surface area contributed by atoms with Crippen LogP contribution >= 0.6 is 0 Å². The minimum absolute atomic E-state index is 0.00275. The Balaban J connectivity index is 1.46. The summed E-state index contributed by atoms with van der Waals surface area (Å²) >= 11 is 0. The van der Waals surface area contributed by atoms with Crippen molar-refractivity contribution in [3.8, 4) is 11.4 Å². The lowest BCUT2D eigenvalue weighted by Crippen LogP contribution is -2.35. The maximum Gasteiger partial charge on any atom is 0.269 e. The van der Waals surface area contributed by atoms with Gasteiger partial charge in [-0.2, -0.15) is 4.98 Å². The van der Waals surface area contributed by atoms with Gasteiger partial charge in [-0.1, -0.05) is 65.8 Å². The Morgan fingerprint density at radius 1 is 0.971 bits per heavy atom. The number of nitro benzene ring substituents is 1. The molecule has 3 aromatic carbocycles. The van der Waals surface area contributed by atoms with E-state index in [0.29, 0.717) is 43.1 Å². The molecule has 8 nitrogen and oxygen atoms in total. The molecule has 8 heteroatoms. The van der Waals surface area contributed by atoms with E-state index in [2.05, 4.69) is 10.1 Å². The van der Waals surface area contributed by atoms with Gasteiger partial charge in [-0.15, -0.1) is 0 Å². The molecule has 0 N–H and O–H groups in total. The summed E-state index contributed by atoms with van der Waals surface area (Å²) in [6.45, 7) is 2.44. The molecule has 0 unspecified atom stereocenters. The number of aromatic nitrogens is 2. The van der Waals surface area contributed by atoms with Crippen molar-refractivity contribution >= 4 is 11.6 Å². The van der Waals surface area contributed by atoms with E-state index in [1.165, 1.54) is 12.1 Å². The Labute approximate surface area is 203 Å². The van der Waals surface area contributed by atoms with Gasteiger partial charge in [-0.3, -0.25) is 14.9 Å². The average molecular weight is 471 g/mol. The molecule has 1 amide bonds. The number of carbonyl (C=O) groups excluding carboxylic acids is 1. The fourth-order valence-corrected chi connectivity index (χ4v) is 3.91. The lowest BCUT2D eigenvalue weighted by molar-refractivity contribution is -0.384. The van der Waals surface area contributed by atoms with Gasteiger partial charge in [0.25, 0.3) is 5.69 Å². The normalized spacial score (nSPS) is 11.7. The first-order valence-corrected chi connectivity index (χ1v) is 11.5. The fraction of sp³-hybridized carbons (Fsp3) is 0.222. The third kappa shape index (κ3) is 6.17. The van der Waals surface area contributed by atoms with Gasteiger partial charge in [0.05, 0.1) is 11.0 Å². The highest BCUT2D eigenvalue weighted by molar-refractivity contribution is 5.77. The zero-order valence-corrected chi connectivity index (χ0v) is 19.4. The first-order chi connectivity index (χ1) is 17.0. The van der Waals surface area contributed by atoms with E-state index in [0.717, 1.165) is 11.1 Å². The summed E-state index contributed by atoms with van der Waals surface area (Å²) in [4.78, 5) is 30.0. The number of hydrogen-bond donors (Lipinski definition) is 0. The highest BCUT2D eigenvalue weighted by atomic mass is 16.6. The second-order valence-electron chi connectivity index (χ2n) is 8.23. The summed E-state index contributed by atoms with van der Waals surface area (Å²) in [6.07, 6.45) is 1.47. The predicted molar refractivity (Wildman–Crippen MR) is 131 cm³/mol. The van der Waals surface area contributed by atoms with Crippen molar-refractivity contribution in [1.29, 1.82) is 0 Å². The van der Waals surface area contributed by atoms with Gasteiger partial charge in [-0.25, -0.2) is 0 Å². The van der Waals surface area contributed by atoms with E-state index in [9.17, 15) is 14.9 Å². The summed E-state index contributed by atoms with van der Waals surface area (Å²) in [7, 11) is 0. The monoisotopic (exact) mass is 470 g/mol. The highest BCUT2D eigenvalue weighted by Gasteiger charge is 2.22. The standard InChI is InChI=1S/C27H26N4O4/c1-20(22-10-6-3-7-11-22)30(26(32)17-12-21-8-4-2-5-9-21)19-18-25-28-27(29-35-25)23-13-15-24(16-14-23)31(33)34/h2-11,13-16,20H,12,17-19H2,1H3/t20-/m0/s1. The van der Waals surface area contributed by atoms with Crippen molar-refractivity contribution in [2.24, 2.45) is 0 Å². The van der Waals surface area contributed by atoms with Crippen molar-refractivity contribution in [2.75, 3.05) is 6.54 Å². The molecular formula is C27H26N4O4. The van der Waals surface area contributed by atoms with Crippen LogP contribution in [0.25, 0.3) is 11.4 Å². The van der Waals surface area contributed by atoms with Crippen molar-refractivity contribution < 1.29 is 14.2 Å². The molecule has 1 aromatic heterocycles. The lowest BCUT2D eigenvalue weighted by atomic mass is 10.0. The van der Waals surface area contributed by atoms with Gasteiger partial charge in [0, 0.05) is 37.1 Å². The topological polar surface area (TPSA) is 102 Å². The third-order valence-electron chi connectivity index (χ3n) is 5.91. The summed E-state index contributed by atoms with van der Waals surface area (Å²) < 4.78 is 5.41. The molecule has 4 rings (SSSR count). The van der Waals surface area contributed by atoms with E-state index < -0.39 is 4.92 Å². The van der Waals surface area contributed by atoms with Gasteiger partial charge in [0.2, 0.25) is 17.6 Å². The van der Waals surface area contributed by atoms with Crippen LogP contribution in [0.4, 0.5) is 5.69 Å². The van der Waals surface area contributed by atoms with Crippen LogP contribution in [0.3, 0.4) is 0 Å². The first kappa shape index (κ1) is 23.8. The quantitative estimate of drug-likeness (QED) is 0.227. The van der Waals surface area contributed by atoms with Crippen LogP contribution in [0, 0.1) is 10.1 Å². The molecule has 0 saturated carbocycles. The maximum atomic E-state index is 13.3. The molecule has 0 spiro atoms. The summed E-state index contributed by atoms with van der Waals surface area (Å²) in [5.41, 5.74) is 2.80. The second-order valence-corrected chi connectivity index (χ2v) is 8.23. The zero-order chi connectivity index (χ0) is 24.6. The van der Waals surface area contributed by atoms with Crippen LogP contribution in [-0.4, -0.2) is 32.4 Å². The number of hydrogen-bond acceptors (Lipinski definition) is 6. The molecule has 1 atom stereocenters. The zero-order valence-electron chi connectivity index (χ0n) is 19.4. The van der Waals surface area contributed by atoms with E-state index in [4.69, 9.17) is 4.52 Å². The molecule has 178 valence electrons. The van der Waals surface area contributed by atoms with Gasteiger partial charge < -0.3 is 9.42 Å². The van der Waals surface area contributed by atoms with Crippen molar-refractivity contribution in [2.45, 2.75) is 32.2 Å². The lowest BCUT2D eigenvalue weighted by Gasteiger charge is -2.29. The molecule has 0 bridgehead atoms. The molecule has 4 aromatic rings. The number of carbonyl (C=O) groups is 1. The largest absolute Gasteiger partial charge is 0.339 e. The van der Waals surface area contributed by atoms with Gasteiger partial charge >= 0.3 is 0 Å². The number of aryl methyl sites for hydroxylation is 1. The molecule has 0 aliphatic carbocycles. The number of nitro groups is 1. The first-order valence-electron chi connectivity index (χ1n) is 11.5. The number of rotatable bonds is 10. The number of amides is 1. The van der Waals surface area contributed by atoms with Crippen LogP contribution < -0.4 is 0 Å². The van der Waals surface area contributed by atoms with Crippen LogP contribution in [0.15, 0.2) is 89.5 Å². The van der Waals surface area contributed by atoms with Crippen molar-refractivity contribution in [1.82, 2.24) is 15.0 Å². The van der Waals surface area contributed by atoms with E-state index in [1.807, 2.05) is 72.5 Å². The number of nitrogens with zero attached hydrogens (tertiary/aromatic N) is 4. The third-order valence-corrected chi connectivity index (χ3v) is 5.91.